The van der Waals surface area contributed by atoms with Crippen molar-refractivity contribution in [1.29, 1.82) is 0 Å². The lowest BCUT2D eigenvalue weighted by Crippen LogP contribution is -2.38. The predicted molar refractivity (Wildman–Crippen MR) is 95.1 cm³/mol. The van der Waals surface area contributed by atoms with E-state index in [9.17, 15) is 0 Å². The molecule has 0 aliphatic carbocycles. The van der Waals surface area contributed by atoms with Crippen LogP contribution in [0.15, 0.2) is 30.5 Å². The number of anilines is 1. The highest BCUT2D eigenvalue weighted by Crippen LogP contribution is 2.23. The minimum atomic E-state index is -0.0597. The monoisotopic (exact) mass is 338 g/mol. The first kappa shape index (κ1) is 16.0. The Hall–Kier alpha value is -2.51. The Morgan fingerprint density at radius 1 is 1.28 bits per heavy atom. The highest BCUT2D eigenvalue weighted by atomic mass is 16.5. The zero-order chi connectivity index (χ0) is 17.4. The topological polar surface area (TPSA) is 81.6 Å². The fourth-order valence-corrected chi connectivity index (χ4v) is 3.34. The van der Waals surface area contributed by atoms with Crippen molar-refractivity contribution in [3.63, 3.8) is 0 Å². The van der Waals surface area contributed by atoms with E-state index in [0.717, 1.165) is 47.9 Å². The van der Waals surface area contributed by atoms with E-state index >= 15 is 0 Å². The van der Waals surface area contributed by atoms with Gasteiger partial charge in [0, 0.05) is 36.6 Å². The summed E-state index contributed by atoms with van der Waals surface area (Å²) in [6.07, 6.45) is 1.85. The summed E-state index contributed by atoms with van der Waals surface area (Å²) in [5, 5.41) is 4.48. The van der Waals surface area contributed by atoms with Crippen LogP contribution in [0.3, 0.4) is 0 Å². The van der Waals surface area contributed by atoms with Crippen LogP contribution in [-0.2, 0) is 11.3 Å². The minimum absolute atomic E-state index is 0.0597. The van der Waals surface area contributed by atoms with Crippen molar-refractivity contribution in [2.75, 3.05) is 25.4 Å². The number of morpholine rings is 1. The molecule has 130 valence electrons. The van der Waals surface area contributed by atoms with Crippen LogP contribution in [0.4, 0.5) is 5.82 Å². The second-order valence-corrected chi connectivity index (χ2v) is 6.53. The third-order valence-corrected chi connectivity index (χ3v) is 4.52. The molecule has 1 aliphatic heterocycles. The first-order valence-electron chi connectivity index (χ1n) is 8.47. The van der Waals surface area contributed by atoms with Gasteiger partial charge in [-0.25, -0.2) is 14.5 Å². The molecule has 1 aliphatic rings. The third kappa shape index (κ3) is 3.20. The van der Waals surface area contributed by atoms with E-state index in [0.29, 0.717) is 12.4 Å². The number of rotatable bonds is 3. The van der Waals surface area contributed by atoms with Gasteiger partial charge in [-0.1, -0.05) is 6.07 Å². The molecule has 1 atom stereocenters. The number of fused-ring (bicyclic) bond motifs is 1. The van der Waals surface area contributed by atoms with Gasteiger partial charge in [0.15, 0.2) is 5.65 Å². The summed E-state index contributed by atoms with van der Waals surface area (Å²) in [4.78, 5) is 11.4. The third-order valence-electron chi connectivity index (χ3n) is 4.52. The molecule has 1 fully saturated rings. The maximum atomic E-state index is 5.90. The van der Waals surface area contributed by atoms with Crippen LogP contribution >= 0.6 is 0 Å². The smallest absolute Gasteiger partial charge is 0.159 e. The molecule has 0 amide bonds. The van der Waals surface area contributed by atoms with Crippen molar-refractivity contribution < 1.29 is 4.74 Å². The maximum absolute atomic E-state index is 5.90. The van der Waals surface area contributed by atoms with Crippen molar-refractivity contribution in [3.05, 3.63) is 53.1 Å². The van der Waals surface area contributed by atoms with E-state index in [-0.39, 0.29) is 6.10 Å². The predicted octanol–water partition coefficient (Wildman–Crippen LogP) is 1.90. The molecule has 0 radical (unpaired) electrons. The molecule has 7 nitrogen and oxygen atoms in total. The Bertz CT molecular complexity index is 906. The molecule has 4 rings (SSSR count). The SMILES string of the molecule is Cc1cc(C)n2ncc(CN3CCO[C@@H](c4cccc(N)n4)C3)c2n1. The lowest BCUT2D eigenvalue weighted by atomic mass is 10.1. The molecule has 0 spiro atoms. The van der Waals surface area contributed by atoms with Gasteiger partial charge in [0.2, 0.25) is 0 Å². The summed E-state index contributed by atoms with van der Waals surface area (Å²) in [5.41, 5.74) is 10.9. The molecule has 7 heteroatoms. The van der Waals surface area contributed by atoms with Crippen molar-refractivity contribution in [2.45, 2.75) is 26.5 Å². The lowest BCUT2D eigenvalue weighted by Gasteiger charge is -2.32. The van der Waals surface area contributed by atoms with E-state index in [1.165, 1.54) is 0 Å². The van der Waals surface area contributed by atoms with E-state index in [4.69, 9.17) is 10.5 Å². The van der Waals surface area contributed by atoms with Crippen LogP contribution in [0.1, 0.15) is 28.7 Å². The summed E-state index contributed by atoms with van der Waals surface area (Å²) in [6.45, 7) is 7.18. The van der Waals surface area contributed by atoms with Crippen molar-refractivity contribution >= 4 is 11.5 Å². The summed E-state index contributed by atoms with van der Waals surface area (Å²) in [7, 11) is 0. The number of aromatic nitrogens is 4. The first-order valence-corrected chi connectivity index (χ1v) is 8.47. The number of hydrogen-bond acceptors (Lipinski definition) is 6. The average molecular weight is 338 g/mol. The van der Waals surface area contributed by atoms with Gasteiger partial charge in [-0.3, -0.25) is 4.90 Å². The summed E-state index contributed by atoms with van der Waals surface area (Å²) in [5.74, 6) is 0.524. The number of aryl methyl sites for hydroxylation is 2. The fourth-order valence-electron chi connectivity index (χ4n) is 3.34. The average Bonchev–Trinajstić information content (AvgIpc) is 2.98. The Kier molecular flexibility index (Phi) is 4.10. The zero-order valence-electron chi connectivity index (χ0n) is 14.5. The number of nitrogens with zero attached hydrogens (tertiary/aromatic N) is 5. The molecular formula is C18H22N6O. The summed E-state index contributed by atoms with van der Waals surface area (Å²) in [6, 6.07) is 7.72. The largest absolute Gasteiger partial charge is 0.384 e. The molecule has 0 saturated carbocycles. The Labute approximate surface area is 146 Å². The van der Waals surface area contributed by atoms with Gasteiger partial charge in [0.05, 0.1) is 18.5 Å². The van der Waals surface area contributed by atoms with Gasteiger partial charge in [-0.05, 0) is 32.0 Å². The van der Waals surface area contributed by atoms with Gasteiger partial charge in [0.25, 0.3) is 0 Å². The number of hydrogen-bond donors (Lipinski definition) is 1. The normalized spacial score (nSPS) is 18.7. The summed E-state index contributed by atoms with van der Waals surface area (Å²) >= 11 is 0. The molecule has 1 saturated heterocycles. The van der Waals surface area contributed by atoms with Crippen LogP contribution in [0.5, 0.6) is 0 Å². The molecule has 4 heterocycles. The Balaban J connectivity index is 1.55. The second-order valence-electron chi connectivity index (χ2n) is 6.53. The van der Waals surface area contributed by atoms with Crippen LogP contribution < -0.4 is 5.73 Å². The molecule has 0 bridgehead atoms. The van der Waals surface area contributed by atoms with Crippen LogP contribution in [-0.4, -0.2) is 44.2 Å². The van der Waals surface area contributed by atoms with Crippen LogP contribution in [0, 0.1) is 13.8 Å². The molecule has 2 N–H and O–H groups in total. The Morgan fingerprint density at radius 3 is 3.00 bits per heavy atom. The quantitative estimate of drug-likeness (QED) is 0.785. The van der Waals surface area contributed by atoms with E-state index < -0.39 is 0 Å². The van der Waals surface area contributed by atoms with E-state index in [1.54, 1.807) is 6.07 Å². The first-order chi connectivity index (χ1) is 12.1. The Morgan fingerprint density at radius 2 is 2.16 bits per heavy atom. The molecule has 3 aromatic heterocycles. The molecule has 3 aromatic rings. The number of nitrogen functional groups attached to an aromatic ring is 1. The van der Waals surface area contributed by atoms with E-state index in [1.807, 2.05) is 35.8 Å². The standard InChI is InChI=1S/C18H22N6O/c1-12-8-13(2)24-18(21-12)14(9-20-24)10-23-6-7-25-16(11-23)15-4-3-5-17(19)22-15/h3-5,8-9,16H,6-7,10-11H2,1-2H3,(H2,19,22)/t16-/m1/s1. The van der Waals surface area contributed by atoms with Gasteiger partial charge >= 0.3 is 0 Å². The van der Waals surface area contributed by atoms with Crippen molar-refractivity contribution in [2.24, 2.45) is 0 Å². The van der Waals surface area contributed by atoms with Crippen molar-refractivity contribution in [3.8, 4) is 0 Å². The number of pyridine rings is 1. The zero-order valence-corrected chi connectivity index (χ0v) is 14.5. The highest BCUT2D eigenvalue weighted by Gasteiger charge is 2.24. The van der Waals surface area contributed by atoms with Gasteiger partial charge in [-0.15, -0.1) is 0 Å². The molecule has 25 heavy (non-hydrogen) atoms. The number of ether oxygens (including phenoxy) is 1. The molecular weight excluding hydrogens is 316 g/mol. The van der Waals surface area contributed by atoms with Gasteiger partial charge in [-0.2, -0.15) is 5.10 Å². The maximum Gasteiger partial charge on any atom is 0.159 e. The van der Waals surface area contributed by atoms with Crippen molar-refractivity contribution in [1.82, 2.24) is 24.5 Å². The highest BCUT2D eigenvalue weighted by molar-refractivity contribution is 5.47. The van der Waals surface area contributed by atoms with Crippen LogP contribution in [0.2, 0.25) is 0 Å². The fraction of sp³-hybridized carbons (Fsp3) is 0.389. The molecule has 0 unspecified atom stereocenters. The van der Waals surface area contributed by atoms with Gasteiger partial charge < -0.3 is 10.5 Å². The number of nitrogens with two attached hydrogens (primary N) is 1. The second kappa shape index (κ2) is 6.42. The van der Waals surface area contributed by atoms with Gasteiger partial charge in [0.1, 0.15) is 11.9 Å². The minimum Gasteiger partial charge on any atom is -0.384 e. The van der Waals surface area contributed by atoms with Crippen LogP contribution in [0.25, 0.3) is 5.65 Å². The molecule has 0 aromatic carbocycles. The summed E-state index contributed by atoms with van der Waals surface area (Å²) < 4.78 is 7.80. The van der Waals surface area contributed by atoms with E-state index in [2.05, 4.69) is 26.9 Å². The lowest BCUT2D eigenvalue weighted by molar-refractivity contribution is -0.0348.